The van der Waals surface area contributed by atoms with Crippen molar-refractivity contribution in [3.63, 3.8) is 0 Å². The minimum atomic E-state index is -0.470. The fourth-order valence-corrected chi connectivity index (χ4v) is 3.79. The van der Waals surface area contributed by atoms with Gasteiger partial charge in [0.15, 0.2) is 0 Å². The number of anilines is 2. The standard InChI is InChI=1S/C21H32FN3O3/c1-21(2,3)28-20(26)25-12-8-17(9-13-25)27-16-6-10-24(11-7-16)19-5-4-15(23)14-18(19)22/h4-5,14,16-17H,6-13,23H2,1-3H3. The normalized spacial score (nSPS) is 19.7. The number of carbonyl (C=O) groups excluding carboxylic acids is 1. The summed E-state index contributed by atoms with van der Waals surface area (Å²) in [6.07, 6.45) is 3.50. The number of piperidine rings is 2. The zero-order chi connectivity index (χ0) is 20.3. The van der Waals surface area contributed by atoms with Gasteiger partial charge >= 0.3 is 6.09 Å². The molecular formula is C21H32FN3O3. The first kappa shape index (κ1) is 20.7. The van der Waals surface area contributed by atoms with Gasteiger partial charge in [0.2, 0.25) is 0 Å². The highest BCUT2D eigenvalue weighted by atomic mass is 19.1. The Morgan fingerprint density at radius 2 is 1.64 bits per heavy atom. The lowest BCUT2D eigenvalue weighted by Crippen LogP contribution is -2.45. The molecule has 0 radical (unpaired) electrons. The summed E-state index contributed by atoms with van der Waals surface area (Å²) in [7, 11) is 0. The van der Waals surface area contributed by atoms with E-state index < -0.39 is 5.60 Å². The van der Waals surface area contributed by atoms with E-state index in [1.165, 1.54) is 6.07 Å². The number of nitrogens with two attached hydrogens (primary N) is 1. The second kappa shape index (κ2) is 8.55. The number of carbonyl (C=O) groups is 1. The number of hydrogen-bond donors (Lipinski definition) is 1. The Balaban J connectivity index is 1.42. The van der Waals surface area contributed by atoms with E-state index in [0.29, 0.717) is 24.5 Å². The summed E-state index contributed by atoms with van der Waals surface area (Å²) in [5.41, 5.74) is 6.21. The molecule has 0 aromatic heterocycles. The zero-order valence-corrected chi connectivity index (χ0v) is 17.1. The fraction of sp³-hybridized carbons (Fsp3) is 0.667. The monoisotopic (exact) mass is 393 g/mol. The molecule has 0 unspecified atom stereocenters. The minimum absolute atomic E-state index is 0.170. The fourth-order valence-electron chi connectivity index (χ4n) is 3.79. The van der Waals surface area contributed by atoms with Crippen molar-refractivity contribution in [1.29, 1.82) is 0 Å². The van der Waals surface area contributed by atoms with Crippen molar-refractivity contribution in [3.8, 4) is 0 Å². The van der Waals surface area contributed by atoms with Crippen LogP contribution < -0.4 is 10.6 Å². The van der Waals surface area contributed by atoms with Crippen LogP contribution in [-0.2, 0) is 9.47 Å². The Morgan fingerprint density at radius 3 is 2.18 bits per heavy atom. The molecule has 2 fully saturated rings. The summed E-state index contributed by atoms with van der Waals surface area (Å²) in [4.78, 5) is 16.0. The summed E-state index contributed by atoms with van der Waals surface area (Å²) in [5.74, 6) is -0.270. The topological polar surface area (TPSA) is 68.0 Å². The van der Waals surface area contributed by atoms with Gasteiger partial charge in [-0.25, -0.2) is 9.18 Å². The molecule has 2 aliphatic rings. The molecule has 1 aromatic carbocycles. The molecule has 6 nitrogen and oxygen atoms in total. The molecule has 1 aromatic rings. The van der Waals surface area contributed by atoms with Gasteiger partial charge in [-0.2, -0.15) is 0 Å². The van der Waals surface area contributed by atoms with Gasteiger partial charge < -0.3 is 25.0 Å². The SMILES string of the molecule is CC(C)(C)OC(=O)N1CCC(OC2CCN(c3ccc(N)cc3F)CC2)CC1. The van der Waals surface area contributed by atoms with Gasteiger partial charge in [0.05, 0.1) is 17.9 Å². The van der Waals surface area contributed by atoms with E-state index >= 15 is 0 Å². The van der Waals surface area contributed by atoms with Gasteiger partial charge in [-0.15, -0.1) is 0 Å². The Hall–Kier alpha value is -2.02. The van der Waals surface area contributed by atoms with Crippen molar-refractivity contribution in [2.24, 2.45) is 0 Å². The van der Waals surface area contributed by atoms with Gasteiger partial charge in [-0.1, -0.05) is 0 Å². The third-order valence-corrected chi connectivity index (χ3v) is 5.23. The number of halogens is 1. The van der Waals surface area contributed by atoms with Crippen molar-refractivity contribution >= 4 is 17.5 Å². The minimum Gasteiger partial charge on any atom is -0.444 e. The molecule has 0 bridgehead atoms. The van der Waals surface area contributed by atoms with Crippen molar-refractivity contribution in [1.82, 2.24) is 4.90 Å². The van der Waals surface area contributed by atoms with Crippen molar-refractivity contribution in [2.45, 2.75) is 64.3 Å². The Morgan fingerprint density at radius 1 is 1.07 bits per heavy atom. The van der Waals surface area contributed by atoms with E-state index in [1.54, 1.807) is 17.0 Å². The molecule has 0 spiro atoms. The average molecular weight is 394 g/mol. The lowest BCUT2D eigenvalue weighted by molar-refractivity contribution is -0.0536. The molecule has 7 heteroatoms. The van der Waals surface area contributed by atoms with Crippen LogP contribution in [0, 0.1) is 5.82 Å². The summed E-state index contributed by atoms with van der Waals surface area (Å²) in [5, 5.41) is 0. The molecule has 0 saturated carbocycles. The highest BCUT2D eigenvalue weighted by molar-refractivity contribution is 5.68. The maximum atomic E-state index is 14.1. The maximum Gasteiger partial charge on any atom is 0.410 e. The zero-order valence-electron chi connectivity index (χ0n) is 17.1. The van der Waals surface area contributed by atoms with Crippen molar-refractivity contribution in [3.05, 3.63) is 24.0 Å². The van der Waals surface area contributed by atoms with Gasteiger partial charge in [0.25, 0.3) is 0 Å². The van der Waals surface area contributed by atoms with Gasteiger partial charge in [-0.3, -0.25) is 0 Å². The van der Waals surface area contributed by atoms with Gasteiger partial charge in [0.1, 0.15) is 11.4 Å². The number of ether oxygens (including phenoxy) is 2. The number of likely N-dealkylation sites (tertiary alicyclic amines) is 1. The molecule has 0 aliphatic carbocycles. The van der Waals surface area contributed by atoms with Crippen LogP contribution in [-0.4, -0.2) is 55.0 Å². The number of hydrogen-bond acceptors (Lipinski definition) is 5. The summed E-state index contributed by atoms with van der Waals surface area (Å²) in [6.45, 7) is 8.49. The smallest absolute Gasteiger partial charge is 0.410 e. The molecule has 3 rings (SSSR count). The van der Waals surface area contributed by atoms with E-state index in [2.05, 4.69) is 4.90 Å². The van der Waals surface area contributed by atoms with Crippen LogP contribution in [0.5, 0.6) is 0 Å². The molecule has 2 saturated heterocycles. The third-order valence-electron chi connectivity index (χ3n) is 5.23. The van der Waals surface area contributed by atoms with E-state index in [0.717, 1.165) is 38.8 Å². The molecule has 1 amide bonds. The lowest BCUT2D eigenvalue weighted by Gasteiger charge is -2.38. The predicted molar refractivity (Wildman–Crippen MR) is 108 cm³/mol. The Kier molecular flexibility index (Phi) is 6.33. The number of rotatable bonds is 3. The third kappa shape index (κ3) is 5.50. The number of nitrogen functional groups attached to an aromatic ring is 1. The van der Waals surface area contributed by atoms with E-state index in [4.69, 9.17) is 15.2 Å². The van der Waals surface area contributed by atoms with E-state index in [1.807, 2.05) is 20.8 Å². The maximum absolute atomic E-state index is 14.1. The molecular weight excluding hydrogens is 361 g/mol. The van der Waals surface area contributed by atoms with Crippen molar-refractivity contribution in [2.75, 3.05) is 36.8 Å². The molecule has 28 heavy (non-hydrogen) atoms. The highest BCUT2D eigenvalue weighted by Gasteiger charge is 2.30. The molecule has 156 valence electrons. The van der Waals surface area contributed by atoms with E-state index in [-0.39, 0.29) is 24.1 Å². The molecule has 2 heterocycles. The largest absolute Gasteiger partial charge is 0.444 e. The Bertz CT molecular complexity index is 676. The highest BCUT2D eigenvalue weighted by Crippen LogP contribution is 2.27. The molecule has 0 atom stereocenters. The Labute approximate surface area is 166 Å². The molecule has 2 N–H and O–H groups in total. The lowest BCUT2D eigenvalue weighted by atomic mass is 10.0. The summed E-state index contributed by atoms with van der Waals surface area (Å²) in [6, 6.07) is 4.86. The van der Waals surface area contributed by atoms with Crippen LogP contribution in [0.2, 0.25) is 0 Å². The van der Waals surface area contributed by atoms with Crippen LogP contribution in [0.4, 0.5) is 20.6 Å². The van der Waals surface area contributed by atoms with E-state index in [9.17, 15) is 9.18 Å². The second-order valence-corrected chi connectivity index (χ2v) is 8.70. The predicted octanol–water partition coefficient (Wildman–Crippen LogP) is 3.79. The second-order valence-electron chi connectivity index (χ2n) is 8.70. The summed E-state index contributed by atoms with van der Waals surface area (Å²) < 4.78 is 25.8. The number of benzene rings is 1. The first-order valence-corrected chi connectivity index (χ1v) is 10.1. The van der Waals surface area contributed by atoms with Crippen molar-refractivity contribution < 1.29 is 18.7 Å². The summed E-state index contributed by atoms with van der Waals surface area (Å²) >= 11 is 0. The molecule has 2 aliphatic heterocycles. The first-order chi connectivity index (χ1) is 13.2. The van der Waals surface area contributed by atoms with Crippen LogP contribution in [0.15, 0.2) is 18.2 Å². The van der Waals surface area contributed by atoms with Gasteiger partial charge in [0, 0.05) is 31.9 Å². The number of amides is 1. The van der Waals surface area contributed by atoms with Gasteiger partial charge in [-0.05, 0) is 64.7 Å². The first-order valence-electron chi connectivity index (χ1n) is 10.1. The van der Waals surface area contributed by atoms with Crippen LogP contribution in [0.25, 0.3) is 0 Å². The van der Waals surface area contributed by atoms with Crippen LogP contribution in [0.1, 0.15) is 46.5 Å². The van der Waals surface area contributed by atoms with Crippen LogP contribution >= 0.6 is 0 Å². The quantitative estimate of drug-likeness (QED) is 0.792. The number of nitrogens with zero attached hydrogens (tertiary/aromatic N) is 2. The average Bonchev–Trinajstić information content (AvgIpc) is 2.62. The van der Waals surface area contributed by atoms with Crippen LogP contribution in [0.3, 0.4) is 0 Å².